The molecule has 0 aromatic heterocycles. The molecule has 0 saturated carbocycles. The van der Waals surface area contributed by atoms with Crippen molar-refractivity contribution in [2.45, 2.75) is 20.3 Å². The van der Waals surface area contributed by atoms with Crippen LogP contribution < -0.4 is 10.6 Å². The molecule has 100 valence electrons. The fourth-order valence-electron chi connectivity index (χ4n) is 2.07. The van der Waals surface area contributed by atoms with Gasteiger partial charge in [-0.3, -0.25) is 0 Å². The Hall–Kier alpha value is -1.96. The van der Waals surface area contributed by atoms with Crippen LogP contribution in [0.1, 0.15) is 17.5 Å². The first-order valence-electron chi connectivity index (χ1n) is 6.86. The number of rotatable bonds is 6. The Morgan fingerprint density at radius 3 is 2.42 bits per heavy atom. The number of hydrogen-bond acceptors (Lipinski definition) is 2. The molecular formula is C17H22N2. The summed E-state index contributed by atoms with van der Waals surface area (Å²) in [7, 11) is 0. The summed E-state index contributed by atoms with van der Waals surface area (Å²) in [4.78, 5) is 0. The minimum Gasteiger partial charge on any atom is -0.385 e. The van der Waals surface area contributed by atoms with Crippen LogP contribution in [-0.4, -0.2) is 13.1 Å². The molecule has 0 bridgehead atoms. The van der Waals surface area contributed by atoms with Gasteiger partial charge in [0.25, 0.3) is 0 Å². The lowest BCUT2D eigenvalue weighted by molar-refractivity contribution is 0.908. The second-order valence-electron chi connectivity index (χ2n) is 4.89. The van der Waals surface area contributed by atoms with Crippen molar-refractivity contribution >= 4 is 11.4 Å². The van der Waals surface area contributed by atoms with E-state index in [9.17, 15) is 0 Å². The summed E-state index contributed by atoms with van der Waals surface area (Å²) in [5.74, 6) is 0. The average molecular weight is 254 g/mol. The Morgan fingerprint density at radius 1 is 0.842 bits per heavy atom. The zero-order chi connectivity index (χ0) is 13.5. The first-order valence-corrected chi connectivity index (χ1v) is 6.86. The maximum Gasteiger partial charge on any atom is 0.0369 e. The van der Waals surface area contributed by atoms with E-state index in [1.807, 2.05) is 0 Å². The van der Waals surface area contributed by atoms with Crippen molar-refractivity contribution in [3.8, 4) is 0 Å². The van der Waals surface area contributed by atoms with Crippen molar-refractivity contribution in [3.63, 3.8) is 0 Å². The normalized spacial score (nSPS) is 10.2. The second kappa shape index (κ2) is 6.83. The zero-order valence-electron chi connectivity index (χ0n) is 11.7. The molecular weight excluding hydrogens is 232 g/mol. The van der Waals surface area contributed by atoms with Crippen LogP contribution in [-0.2, 0) is 0 Å². The summed E-state index contributed by atoms with van der Waals surface area (Å²) >= 11 is 0. The summed E-state index contributed by atoms with van der Waals surface area (Å²) in [5, 5.41) is 6.92. The maximum absolute atomic E-state index is 3.47. The van der Waals surface area contributed by atoms with Gasteiger partial charge in [0.2, 0.25) is 0 Å². The third-order valence-corrected chi connectivity index (χ3v) is 3.16. The molecule has 0 unspecified atom stereocenters. The van der Waals surface area contributed by atoms with Gasteiger partial charge >= 0.3 is 0 Å². The number of nitrogens with one attached hydrogen (secondary N) is 2. The van der Waals surface area contributed by atoms with E-state index in [4.69, 9.17) is 0 Å². The molecule has 0 spiro atoms. The number of benzene rings is 2. The van der Waals surface area contributed by atoms with Crippen LogP contribution in [0.5, 0.6) is 0 Å². The van der Waals surface area contributed by atoms with Gasteiger partial charge in [0.05, 0.1) is 0 Å². The molecule has 0 fully saturated rings. The average Bonchev–Trinajstić information content (AvgIpc) is 2.40. The molecule has 19 heavy (non-hydrogen) atoms. The minimum atomic E-state index is 0.988. The van der Waals surface area contributed by atoms with Crippen LogP contribution in [0.3, 0.4) is 0 Å². The highest BCUT2D eigenvalue weighted by molar-refractivity contribution is 5.50. The van der Waals surface area contributed by atoms with Gasteiger partial charge in [-0.1, -0.05) is 30.3 Å². The summed E-state index contributed by atoms with van der Waals surface area (Å²) in [6, 6.07) is 16.9. The highest BCUT2D eigenvalue weighted by Gasteiger charge is 1.95. The molecule has 0 heterocycles. The van der Waals surface area contributed by atoms with Gasteiger partial charge in [0.15, 0.2) is 0 Å². The first kappa shape index (κ1) is 13.5. The molecule has 2 N–H and O–H groups in total. The lowest BCUT2D eigenvalue weighted by Crippen LogP contribution is -2.09. The third-order valence-electron chi connectivity index (χ3n) is 3.16. The molecule has 0 atom stereocenters. The summed E-state index contributed by atoms with van der Waals surface area (Å²) in [6.07, 6.45) is 1.10. The van der Waals surface area contributed by atoms with Gasteiger partial charge in [0, 0.05) is 24.5 Å². The molecule has 0 aliphatic heterocycles. The predicted octanol–water partition coefficient (Wildman–Crippen LogP) is 4.22. The minimum absolute atomic E-state index is 0.988. The van der Waals surface area contributed by atoms with E-state index < -0.39 is 0 Å². The van der Waals surface area contributed by atoms with Crippen molar-refractivity contribution in [3.05, 3.63) is 59.7 Å². The van der Waals surface area contributed by atoms with Crippen molar-refractivity contribution in [1.29, 1.82) is 0 Å². The molecule has 0 saturated heterocycles. The maximum atomic E-state index is 3.47. The van der Waals surface area contributed by atoms with E-state index in [0.717, 1.165) is 19.5 Å². The van der Waals surface area contributed by atoms with Gasteiger partial charge < -0.3 is 10.6 Å². The summed E-state index contributed by atoms with van der Waals surface area (Å²) in [5.41, 5.74) is 5.03. The van der Waals surface area contributed by atoms with Crippen LogP contribution in [0, 0.1) is 13.8 Å². The fraction of sp³-hybridized carbons (Fsp3) is 0.294. The molecule has 2 rings (SSSR count). The summed E-state index contributed by atoms with van der Waals surface area (Å²) in [6.45, 7) is 6.23. The van der Waals surface area contributed by atoms with Crippen molar-refractivity contribution in [2.24, 2.45) is 0 Å². The number of anilines is 2. The Kier molecular flexibility index (Phi) is 4.85. The highest BCUT2D eigenvalue weighted by Crippen LogP contribution is 2.13. The second-order valence-corrected chi connectivity index (χ2v) is 4.89. The van der Waals surface area contributed by atoms with E-state index in [2.05, 4.69) is 73.0 Å². The monoisotopic (exact) mass is 254 g/mol. The summed E-state index contributed by atoms with van der Waals surface area (Å²) < 4.78 is 0. The van der Waals surface area contributed by atoms with E-state index in [0.29, 0.717) is 0 Å². The van der Waals surface area contributed by atoms with Crippen molar-refractivity contribution in [1.82, 2.24) is 0 Å². The van der Waals surface area contributed by atoms with Crippen molar-refractivity contribution in [2.75, 3.05) is 23.7 Å². The standard InChI is InChI=1S/C17H22N2/c1-14-7-5-9-16(13-14)18-11-6-12-19-17-10-4-3-8-15(17)2/h3-5,7-10,13,18-19H,6,11-12H2,1-2H3. The molecule has 2 nitrogen and oxygen atoms in total. The highest BCUT2D eigenvalue weighted by atomic mass is 14.9. The number of hydrogen-bond donors (Lipinski definition) is 2. The Labute approximate surface area is 115 Å². The van der Waals surface area contributed by atoms with E-state index in [-0.39, 0.29) is 0 Å². The van der Waals surface area contributed by atoms with Crippen LogP contribution in [0.4, 0.5) is 11.4 Å². The predicted molar refractivity (Wildman–Crippen MR) is 84.0 cm³/mol. The lowest BCUT2D eigenvalue weighted by Gasteiger charge is -2.10. The Morgan fingerprint density at radius 2 is 1.63 bits per heavy atom. The van der Waals surface area contributed by atoms with Gasteiger partial charge in [-0.2, -0.15) is 0 Å². The first-order chi connectivity index (χ1) is 9.25. The lowest BCUT2D eigenvalue weighted by atomic mass is 10.2. The van der Waals surface area contributed by atoms with Gasteiger partial charge in [-0.15, -0.1) is 0 Å². The van der Waals surface area contributed by atoms with Gasteiger partial charge in [-0.05, 0) is 49.6 Å². The SMILES string of the molecule is Cc1cccc(NCCCNc2ccccc2C)c1. The molecule has 0 amide bonds. The molecule has 2 aromatic carbocycles. The van der Waals surface area contributed by atoms with Crippen LogP contribution in [0.25, 0.3) is 0 Å². The van der Waals surface area contributed by atoms with Gasteiger partial charge in [0.1, 0.15) is 0 Å². The quantitative estimate of drug-likeness (QED) is 0.754. The molecule has 2 aromatic rings. The third kappa shape index (κ3) is 4.32. The molecule has 2 heteroatoms. The van der Waals surface area contributed by atoms with Crippen molar-refractivity contribution < 1.29 is 0 Å². The fourth-order valence-corrected chi connectivity index (χ4v) is 2.07. The topological polar surface area (TPSA) is 24.1 Å². The van der Waals surface area contributed by atoms with Crippen LogP contribution >= 0.6 is 0 Å². The smallest absolute Gasteiger partial charge is 0.0369 e. The largest absolute Gasteiger partial charge is 0.385 e. The zero-order valence-corrected chi connectivity index (χ0v) is 11.7. The molecule has 0 aliphatic rings. The van der Waals surface area contributed by atoms with Crippen LogP contribution in [0.2, 0.25) is 0 Å². The van der Waals surface area contributed by atoms with Gasteiger partial charge in [-0.25, -0.2) is 0 Å². The number of aryl methyl sites for hydroxylation is 2. The van der Waals surface area contributed by atoms with Crippen LogP contribution in [0.15, 0.2) is 48.5 Å². The Balaban J connectivity index is 1.69. The van der Waals surface area contributed by atoms with E-state index in [1.165, 1.54) is 22.5 Å². The number of para-hydroxylation sites is 1. The molecule has 0 radical (unpaired) electrons. The van der Waals surface area contributed by atoms with E-state index in [1.54, 1.807) is 0 Å². The molecule has 0 aliphatic carbocycles. The van der Waals surface area contributed by atoms with E-state index >= 15 is 0 Å². The Bertz CT molecular complexity index is 520.